The zero-order valence-corrected chi connectivity index (χ0v) is 14.1. The summed E-state index contributed by atoms with van der Waals surface area (Å²) in [5.41, 5.74) is 2.78. The van der Waals surface area contributed by atoms with Crippen LogP contribution in [0.1, 0.15) is 27.7 Å². The number of H-pyrrole nitrogens is 1. The number of carboxylic acids is 1. The topological polar surface area (TPSA) is 96.3 Å². The summed E-state index contributed by atoms with van der Waals surface area (Å²) in [5.74, 6) is -0.965. The monoisotopic (exact) mass is 353 g/mol. The summed E-state index contributed by atoms with van der Waals surface area (Å²) in [7, 11) is 0. The molecule has 0 aliphatic carbocycles. The van der Waals surface area contributed by atoms with Crippen molar-refractivity contribution in [2.24, 2.45) is 0 Å². The van der Waals surface area contributed by atoms with Crippen molar-refractivity contribution in [3.05, 3.63) is 65.7 Å². The fourth-order valence-corrected chi connectivity index (χ4v) is 3.17. The van der Waals surface area contributed by atoms with Gasteiger partial charge in [0.2, 0.25) is 0 Å². The Morgan fingerprint density at radius 2 is 2.23 bits per heavy atom. The summed E-state index contributed by atoms with van der Waals surface area (Å²) in [5, 5.41) is 20.6. The summed E-state index contributed by atoms with van der Waals surface area (Å²) < 4.78 is 7.42. The molecule has 8 heteroatoms. The van der Waals surface area contributed by atoms with Gasteiger partial charge in [-0.15, -0.1) is 0 Å². The second kappa shape index (κ2) is 7.11. The highest BCUT2D eigenvalue weighted by molar-refractivity contribution is 5.91. The zero-order chi connectivity index (χ0) is 17.9. The predicted octanol–water partition coefficient (Wildman–Crippen LogP) is 1.87. The van der Waals surface area contributed by atoms with E-state index in [0.29, 0.717) is 12.3 Å². The van der Waals surface area contributed by atoms with Crippen molar-refractivity contribution >= 4 is 5.97 Å². The second-order valence-electron chi connectivity index (χ2n) is 6.22. The first kappa shape index (κ1) is 16.5. The first-order valence-corrected chi connectivity index (χ1v) is 8.40. The Morgan fingerprint density at radius 3 is 3.04 bits per heavy atom. The van der Waals surface area contributed by atoms with Crippen molar-refractivity contribution in [3.63, 3.8) is 0 Å². The van der Waals surface area contributed by atoms with Crippen LogP contribution < -0.4 is 0 Å². The van der Waals surface area contributed by atoms with Crippen LogP contribution in [0.4, 0.5) is 0 Å². The highest BCUT2D eigenvalue weighted by Gasteiger charge is 2.23. The molecule has 26 heavy (non-hydrogen) atoms. The van der Waals surface area contributed by atoms with Gasteiger partial charge in [0.05, 0.1) is 29.7 Å². The summed E-state index contributed by atoms with van der Waals surface area (Å²) in [6.45, 7) is 2.98. The van der Waals surface area contributed by atoms with E-state index in [0.717, 1.165) is 30.9 Å². The Balaban J connectivity index is 1.48. The van der Waals surface area contributed by atoms with Crippen molar-refractivity contribution in [3.8, 4) is 5.69 Å². The molecular formula is C18H19N5O3. The normalized spacial score (nSPS) is 18.1. The Kier molecular flexibility index (Phi) is 4.51. The van der Waals surface area contributed by atoms with Crippen molar-refractivity contribution in [1.82, 2.24) is 24.9 Å². The Hall–Kier alpha value is -2.97. The molecular weight excluding hydrogens is 334 g/mol. The van der Waals surface area contributed by atoms with Crippen LogP contribution in [0.5, 0.6) is 0 Å². The van der Waals surface area contributed by atoms with E-state index in [4.69, 9.17) is 4.74 Å². The highest BCUT2D eigenvalue weighted by Crippen LogP contribution is 2.22. The van der Waals surface area contributed by atoms with Gasteiger partial charge in [0, 0.05) is 37.6 Å². The number of rotatable bonds is 5. The number of hydrogen-bond acceptors (Lipinski definition) is 5. The van der Waals surface area contributed by atoms with Gasteiger partial charge in [0.1, 0.15) is 6.10 Å². The number of benzene rings is 1. The molecule has 3 aromatic rings. The Morgan fingerprint density at radius 1 is 1.35 bits per heavy atom. The number of morpholine rings is 1. The van der Waals surface area contributed by atoms with Crippen molar-refractivity contribution in [1.29, 1.82) is 0 Å². The second-order valence-corrected chi connectivity index (χ2v) is 6.22. The summed E-state index contributed by atoms with van der Waals surface area (Å²) in [6.07, 6.45) is 5.36. The fourth-order valence-electron chi connectivity index (χ4n) is 3.17. The highest BCUT2D eigenvalue weighted by atomic mass is 16.5. The molecule has 0 spiro atoms. The predicted molar refractivity (Wildman–Crippen MR) is 93.1 cm³/mol. The molecule has 1 aromatic carbocycles. The number of aromatic amines is 1. The van der Waals surface area contributed by atoms with E-state index in [1.807, 2.05) is 12.3 Å². The van der Waals surface area contributed by atoms with E-state index in [9.17, 15) is 9.90 Å². The number of nitrogens with one attached hydrogen (secondary N) is 1. The lowest BCUT2D eigenvalue weighted by Gasteiger charge is -2.32. The van der Waals surface area contributed by atoms with Crippen molar-refractivity contribution in [2.45, 2.75) is 12.6 Å². The molecule has 1 aliphatic rings. The van der Waals surface area contributed by atoms with Gasteiger partial charge >= 0.3 is 5.97 Å². The quantitative estimate of drug-likeness (QED) is 0.727. The van der Waals surface area contributed by atoms with E-state index < -0.39 is 5.97 Å². The van der Waals surface area contributed by atoms with Crippen molar-refractivity contribution < 1.29 is 14.6 Å². The van der Waals surface area contributed by atoms with Crippen LogP contribution in [0, 0.1) is 0 Å². The molecule has 1 aliphatic heterocycles. The van der Waals surface area contributed by atoms with E-state index in [1.165, 1.54) is 0 Å². The van der Waals surface area contributed by atoms with Gasteiger partial charge in [-0.1, -0.05) is 12.1 Å². The summed E-state index contributed by atoms with van der Waals surface area (Å²) in [4.78, 5) is 13.7. The number of carbonyl (C=O) groups is 1. The van der Waals surface area contributed by atoms with E-state index in [-0.39, 0.29) is 11.7 Å². The molecule has 4 rings (SSSR count). The number of hydrogen-bond donors (Lipinski definition) is 2. The molecule has 3 heterocycles. The minimum Gasteiger partial charge on any atom is -0.478 e. The van der Waals surface area contributed by atoms with Gasteiger partial charge in [0.25, 0.3) is 0 Å². The summed E-state index contributed by atoms with van der Waals surface area (Å²) >= 11 is 0. The number of aromatic nitrogens is 4. The third-order valence-corrected chi connectivity index (χ3v) is 4.44. The molecule has 2 N–H and O–H groups in total. The van der Waals surface area contributed by atoms with Crippen LogP contribution in [-0.2, 0) is 11.3 Å². The first-order valence-electron chi connectivity index (χ1n) is 8.40. The zero-order valence-electron chi connectivity index (χ0n) is 14.1. The van der Waals surface area contributed by atoms with Crippen LogP contribution in [0.25, 0.3) is 5.69 Å². The SMILES string of the molecule is O=C(O)c1ccccc1-n1cc(CN2CCO[C@@H](c3ccn[nH]3)C2)cn1. The molecule has 1 saturated heterocycles. The number of aromatic carboxylic acids is 1. The lowest BCUT2D eigenvalue weighted by molar-refractivity contribution is -0.0350. The fraction of sp³-hybridized carbons (Fsp3) is 0.278. The molecule has 0 bridgehead atoms. The number of nitrogens with zero attached hydrogens (tertiary/aromatic N) is 4. The van der Waals surface area contributed by atoms with Gasteiger partial charge in [-0.3, -0.25) is 10.00 Å². The van der Waals surface area contributed by atoms with Gasteiger partial charge in [0.15, 0.2) is 0 Å². The van der Waals surface area contributed by atoms with Crippen LogP contribution in [0.3, 0.4) is 0 Å². The molecule has 1 atom stereocenters. The van der Waals surface area contributed by atoms with Crippen LogP contribution in [0.15, 0.2) is 48.9 Å². The minimum atomic E-state index is -0.965. The minimum absolute atomic E-state index is 0.0194. The average molecular weight is 353 g/mol. The van der Waals surface area contributed by atoms with Crippen LogP contribution in [0.2, 0.25) is 0 Å². The van der Waals surface area contributed by atoms with E-state index in [2.05, 4.69) is 20.2 Å². The largest absolute Gasteiger partial charge is 0.478 e. The molecule has 0 radical (unpaired) electrons. The van der Waals surface area contributed by atoms with Crippen LogP contribution in [-0.4, -0.2) is 55.6 Å². The number of carboxylic acid groups (broad SMARTS) is 1. The van der Waals surface area contributed by atoms with Gasteiger partial charge < -0.3 is 9.84 Å². The maximum atomic E-state index is 11.4. The third-order valence-electron chi connectivity index (χ3n) is 4.44. The molecule has 134 valence electrons. The Labute approximate surface area is 150 Å². The molecule has 8 nitrogen and oxygen atoms in total. The average Bonchev–Trinajstić information content (AvgIpc) is 3.34. The maximum absolute atomic E-state index is 11.4. The number of ether oxygens (including phenoxy) is 1. The molecule has 2 aromatic heterocycles. The van der Waals surface area contributed by atoms with E-state index in [1.54, 1.807) is 41.3 Å². The van der Waals surface area contributed by atoms with Gasteiger partial charge in [-0.2, -0.15) is 10.2 Å². The first-order chi connectivity index (χ1) is 12.7. The van der Waals surface area contributed by atoms with E-state index >= 15 is 0 Å². The summed E-state index contributed by atoms with van der Waals surface area (Å²) in [6, 6.07) is 8.77. The number of para-hydroxylation sites is 1. The molecule has 0 saturated carbocycles. The van der Waals surface area contributed by atoms with Crippen molar-refractivity contribution in [2.75, 3.05) is 19.7 Å². The lowest BCUT2D eigenvalue weighted by Crippen LogP contribution is -2.37. The lowest BCUT2D eigenvalue weighted by atomic mass is 10.2. The molecule has 0 amide bonds. The third kappa shape index (κ3) is 3.37. The smallest absolute Gasteiger partial charge is 0.337 e. The molecule has 1 fully saturated rings. The Bertz CT molecular complexity index is 890. The maximum Gasteiger partial charge on any atom is 0.337 e. The standard InChI is InChI=1S/C18H19N5O3/c24-18(25)14-3-1-2-4-16(14)23-11-13(9-20-23)10-22-7-8-26-17(12-22)15-5-6-19-21-15/h1-6,9,11,17H,7-8,10,12H2,(H,19,21)(H,24,25)/t17-/m1/s1. The van der Waals surface area contributed by atoms with Crippen LogP contribution >= 0.6 is 0 Å². The van der Waals surface area contributed by atoms with Gasteiger partial charge in [-0.25, -0.2) is 9.48 Å². The molecule has 0 unspecified atom stereocenters. The van der Waals surface area contributed by atoms with Gasteiger partial charge in [-0.05, 0) is 18.2 Å².